The fourth-order valence-corrected chi connectivity index (χ4v) is 2.06. The van der Waals surface area contributed by atoms with Gasteiger partial charge in [-0.15, -0.1) is 0 Å². The first-order valence-electron chi connectivity index (χ1n) is 6.80. The molecule has 100 valence electrons. The first-order chi connectivity index (χ1) is 9.31. The normalized spacial score (nSPS) is 10.4. The molecule has 0 atom stereocenters. The van der Waals surface area contributed by atoms with Crippen LogP contribution in [0.2, 0.25) is 0 Å². The number of hydrogen-bond donors (Lipinski definition) is 1. The quantitative estimate of drug-likeness (QED) is 0.797. The number of benzene rings is 2. The van der Waals surface area contributed by atoms with Crippen molar-refractivity contribution >= 4 is 0 Å². The fraction of sp³-hybridized carbons (Fsp3) is 0.294. The topological polar surface area (TPSA) is 35.2 Å². The highest BCUT2D eigenvalue weighted by Crippen LogP contribution is 2.25. The highest BCUT2D eigenvalue weighted by Gasteiger charge is 2.01. The molecule has 0 saturated carbocycles. The van der Waals surface area contributed by atoms with Crippen LogP contribution in [0.5, 0.6) is 5.75 Å². The third kappa shape index (κ3) is 3.83. The van der Waals surface area contributed by atoms with Gasteiger partial charge in [0.1, 0.15) is 5.75 Å². The molecule has 0 unspecified atom stereocenters. The van der Waals surface area contributed by atoms with Crippen molar-refractivity contribution in [3.63, 3.8) is 0 Å². The minimum Gasteiger partial charge on any atom is -0.494 e. The van der Waals surface area contributed by atoms with Crippen LogP contribution >= 0.6 is 0 Å². The molecular formula is C17H21NO. The van der Waals surface area contributed by atoms with Crippen LogP contribution in [-0.4, -0.2) is 13.2 Å². The molecule has 19 heavy (non-hydrogen) atoms. The summed E-state index contributed by atoms with van der Waals surface area (Å²) in [6.45, 7) is 3.60. The second-order valence-electron chi connectivity index (χ2n) is 4.68. The molecule has 0 aromatic heterocycles. The minimum absolute atomic E-state index is 0.732. The largest absolute Gasteiger partial charge is 0.494 e. The molecule has 0 bridgehead atoms. The van der Waals surface area contributed by atoms with Gasteiger partial charge in [-0.3, -0.25) is 0 Å². The predicted octanol–water partition coefficient (Wildman–Crippen LogP) is 3.78. The van der Waals surface area contributed by atoms with Gasteiger partial charge < -0.3 is 10.5 Å². The smallest absolute Gasteiger partial charge is 0.119 e. The average Bonchev–Trinajstić information content (AvgIpc) is 2.45. The van der Waals surface area contributed by atoms with E-state index in [-0.39, 0.29) is 0 Å². The molecule has 2 rings (SSSR count). The van der Waals surface area contributed by atoms with E-state index in [0.29, 0.717) is 0 Å². The highest BCUT2D eigenvalue weighted by atomic mass is 16.5. The summed E-state index contributed by atoms with van der Waals surface area (Å²) in [4.78, 5) is 0. The Morgan fingerprint density at radius 2 is 1.68 bits per heavy atom. The van der Waals surface area contributed by atoms with Crippen LogP contribution < -0.4 is 10.5 Å². The predicted molar refractivity (Wildman–Crippen MR) is 80.4 cm³/mol. The van der Waals surface area contributed by atoms with E-state index in [4.69, 9.17) is 10.5 Å². The summed E-state index contributed by atoms with van der Waals surface area (Å²) in [5.41, 5.74) is 9.25. The van der Waals surface area contributed by atoms with Crippen LogP contribution in [-0.2, 0) is 0 Å². The number of unbranched alkanes of at least 4 members (excludes halogenated alkanes) is 1. The maximum Gasteiger partial charge on any atom is 0.119 e. The SMILES string of the molecule is Cc1ccccc1-c1ccc(OCCCCN)cc1. The van der Waals surface area contributed by atoms with Crippen molar-refractivity contribution in [1.82, 2.24) is 0 Å². The number of rotatable bonds is 6. The second kappa shape index (κ2) is 6.95. The second-order valence-corrected chi connectivity index (χ2v) is 4.68. The van der Waals surface area contributed by atoms with Gasteiger partial charge in [-0.05, 0) is 55.1 Å². The molecule has 0 aliphatic carbocycles. The van der Waals surface area contributed by atoms with Gasteiger partial charge in [0.25, 0.3) is 0 Å². The van der Waals surface area contributed by atoms with Gasteiger partial charge >= 0.3 is 0 Å². The van der Waals surface area contributed by atoms with E-state index in [1.54, 1.807) is 0 Å². The van der Waals surface area contributed by atoms with E-state index < -0.39 is 0 Å². The van der Waals surface area contributed by atoms with Gasteiger partial charge in [-0.25, -0.2) is 0 Å². The fourth-order valence-electron chi connectivity index (χ4n) is 2.06. The Kier molecular flexibility index (Phi) is 4.99. The van der Waals surface area contributed by atoms with Crippen LogP contribution in [0, 0.1) is 6.92 Å². The molecule has 2 aromatic rings. The molecular weight excluding hydrogens is 234 g/mol. The summed E-state index contributed by atoms with van der Waals surface area (Å²) in [5, 5.41) is 0. The number of nitrogens with two attached hydrogens (primary N) is 1. The number of ether oxygens (including phenoxy) is 1. The zero-order valence-corrected chi connectivity index (χ0v) is 11.4. The van der Waals surface area contributed by atoms with E-state index >= 15 is 0 Å². The van der Waals surface area contributed by atoms with Crippen molar-refractivity contribution in [2.45, 2.75) is 19.8 Å². The van der Waals surface area contributed by atoms with E-state index in [1.807, 2.05) is 12.1 Å². The summed E-state index contributed by atoms with van der Waals surface area (Å²) in [6.07, 6.45) is 2.03. The molecule has 0 fully saturated rings. The van der Waals surface area contributed by atoms with Crippen LogP contribution in [0.15, 0.2) is 48.5 Å². The van der Waals surface area contributed by atoms with E-state index in [2.05, 4.69) is 43.3 Å². The molecule has 2 nitrogen and oxygen atoms in total. The van der Waals surface area contributed by atoms with Gasteiger partial charge in [-0.1, -0.05) is 36.4 Å². The molecule has 0 spiro atoms. The van der Waals surface area contributed by atoms with Crippen molar-refractivity contribution in [3.8, 4) is 16.9 Å². The van der Waals surface area contributed by atoms with Crippen LogP contribution in [0.3, 0.4) is 0 Å². The van der Waals surface area contributed by atoms with Gasteiger partial charge in [-0.2, -0.15) is 0 Å². The van der Waals surface area contributed by atoms with Crippen molar-refractivity contribution in [1.29, 1.82) is 0 Å². The van der Waals surface area contributed by atoms with Gasteiger partial charge in [0, 0.05) is 0 Å². The lowest BCUT2D eigenvalue weighted by molar-refractivity contribution is 0.308. The Morgan fingerprint density at radius 3 is 2.37 bits per heavy atom. The molecule has 0 heterocycles. The van der Waals surface area contributed by atoms with Crippen LogP contribution in [0.1, 0.15) is 18.4 Å². The molecule has 2 heteroatoms. The monoisotopic (exact) mass is 255 g/mol. The first-order valence-corrected chi connectivity index (χ1v) is 6.80. The molecule has 0 aliphatic rings. The van der Waals surface area contributed by atoms with E-state index in [0.717, 1.165) is 31.7 Å². The van der Waals surface area contributed by atoms with Gasteiger partial charge in [0.2, 0.25) is 0 Å². The van der Waals surface area contributed by atoms with Crippen molar-refractivity contribution < 1.29 is 4.74 Å². The highest BCUT2D eigenvalue weighted by molar-refractivity contribution is 5.67. The van der Waals surface area contributed by atoms with Gasteiger partial charge in [0.05, 0.1) is 6.61 Å². The number of aryl methyl sites for hydroxylation is 1. The lowest BCUT2D eigenvalue weighted by Crippen LogP contribution is -2.03. The third-order valence-corrected chi connectivity index (χ3v) is 3.18. The average molecular weight is 255 g/mol. The summed E-state index contributed by atoms with van der Waals surface area (Å²) in [7, 11) is 0. The molecule has 2 aromatic carbocycles. The minimum atomic E-state index is 0.732. The van der Waals surface area contributed by atoms with Gasteiger partial charge in [0.15, 0.2) is 0 Å². The van der Waals surface area contributed by atoms with Crippen LogP contribution in [0.4, 0.5) is 0 Å². The summed E-state index contributed by atoms with van der Waals surface area (Å²) in [6, 6.07) is 16.7. The molecule has 0 amide bonds. The van der Waals surface area contributed by atoms with E-state index in [9.17, 15) is 0 Å². The standard InChI is InChI=1S/C17H21NO/c1-14-6-2-3-7-17(14)15-8-10-16(11-9-15)19-13-5-4-12-18/h2-3,6-11H,4-5,12-13,18H2,1H3. The molecule has 0 saturated heterocycles. The summed E-state index contributed by atoms with van der Waals surface area (Å²) < 4.78 is 5.67. The Bertz CT molecular complexity index is 505. The van der Waals surface area contributed by atoms with Crippen molar-refractivity contribution in [3.05, 3.63) is 54.1 Å². The maximum absolute atomic E-state index is 5.67. The third-order valence-electron chi connectivity index (χ3n) is 3.18. The van der Waals surface area contributed by atoms with Crippen molar-refractivity contribution in [2.24, 2.45) is 5.73 Å². The molecule has 0 aliphatic heterocycles. The van der Waals surface area contributed by atoms with Crippen molar-refractivity contribution in [2.75, 3.05) is 13.2 Å². The zero-order chi connectivity index (χ0) is 13.5. The lowest BCUT2D eigenvalue weighted by Gasteiger charge is -2.08. The molecule has 0 radical (unpaired) electrons. The Labute approximate surface area is 115 Å². The van der Waals surface area contributed by atoms with Crippen LogP contribution in [0.25, 0.3) is 11.1 Å². The zero-order valence-electron chi connectivity index (χ0n) is 11.4. The first kappa shape index (κ1) is 13.6. The Hall–Kier alpha value is -1.80. The maximum atomic E-state index is 5.67. The lowest BCUT2D eigenvalue weighted by atomic mass is 10.0. The van der Waals surface area contributed by atoms with E-state index in [1.165, 1.54) is 16.7 Å². The number of hydrogen-bond acceptors (Lipinski definition) is 2. The summed E-state index contributed by atoms with van der Waals surface area (Å²) in [5.74, 6) is 0.925. The summed E-state index contributed by atoms with van der Waals surface area (Å²) >= 11 is 0. The molecule has 2 N–H and O–H groups in total. The Balaban J connectivity index is 2.01. The Morgan fingerprint density at radius 1 is 0.947 bits per heavy atom.